The minimum Gasteiger partial charge on any atom is -0.461 e. The molecular formula is C27H21F4NO2. The third-order valence-electron chi connectivity index (χ3n) is 6.21. The first-order valence-corrected chi connectivity index (χ1v) is 11.0. The SMILES string of the molecule is Cc1cc2cc(-c3ccc(C(=O)N4CCC(F)(F)CC4)cc3)cc(-c3ccc(F)cc3F)c2o1. The number of hydrogen-bond acceptors (Lipinski definition) is 2. The molecule has 3 nitrogen and oxygen atoms in total. The van der Waals surface area contributed by atoms with Crippen LogP contribution in [0.15, 0.2) is 65.1 Å². The van der Waals surface area contributed by atoms with Crippen LogP contribution in [0.5, 0.6) is 0 Å². The van der Waals surface area contributed by atoms with Crippen LogP contribution in [-0.2, 0) is 0 Å². The predicted molar refractivity (Wildman–Crippen MR) is 122 cm³/mol. The quantitative estimate of drug-likeness (QED) is 0.298. The Balaban J connectivity index is 1.49. The Kier molecular flexibility index (Phi) is 5.42. The van der Waals surface area contributed by atoms with Crippen molar-refractivity contribution in [2.75, 3.05) is 13.1 Å². The van der Waals surface area contributed by atoms with Crippen LogP contribution in [0.3, 0.4) is 0 Å². The summed E-state index contributed by atoms with van der Waals surface area (Å²) in [6.45, 7) is 1.84. The summed E-state index contributed by atoms with van der Waals surface area (Å²) in [5.74, 6) is -3.70. The van der Waals surface area contributed by atoms with Crippen molar-refractivity contribution in [1.29, 1.82) is 0 Å². The van der Waals surface area contributed by atoms with Crippen molar-refractivity contribution in [3.05, 3.63) is 83.6 Å². The van der Waals surface area contributed by atoms with Crippen molar-refractivity contribution in [2.24, 2.45) is 0 Å². The third-order valence-corrected chi connectivity index (χ3v) is 6.21. The number of alkyl halides is 2. The van der Waals surface area contributed by atoms with Gasteiger partial charge in [0.05, 0.1) is 0 Å². The lowest BCUT2D eigenvalue weighted by Crippen LogP contribution is -2.42. The van der Waals surface area contributed by atoms with Crippen molar-refractivity contribution < 1.29 is 26.8 Å². The van der Waals surface area contributed by atoms with Gasteiger partial charge < -0.3 is 9.32 Å². The van der Waals surface area contributed by atoms with Crippen LogP contribution in [0.2, 0.25) is 0 Å². The van der Waals surface area contributed by atoms with E-state index in [-0.39, 0.29) is 37.4 Å². The van der Waals surface area contributed by atoms with E-state index in [0.29, 0.717) is 22.5 Å². The molecule has 0 unspecified atom stereocenters. The van der Waals surface area contributed by atoms with Crippen molar-refractivity contribution in [3.8, 4) is 22.3 Å². The van der Waals surface area contributed by atoms with Crippen LogP contribution in [0.1, 0.15) is 29.0 Å². The number of hydrogen-bond donors (Lipinski definition) is 0. The number of aryl methyl sites for hydroxylation is 1. The molecule has 0 N–H and O–H groups in total. The fourth-order valence-corrected chi connectivity index (χ4v) is 4.38. The summed E-state index contributed by atoms with van der Waals surface area (Å²) < 4.78 is 60.7. The maximum atomic E-state index is 14.6. The Hall–Kier alpha value is -3.61. The summed E-state index contributed by atoms with van der Waals surface area (Å²) in [4.78, 5) is 14.2. The van der Waals surface area contributed by atoms with E-state index in [2.05, 4.69) is 0 Å². The number of piperidine rings is 1. The first-order chi connectivity index (χ1) is 16.2. The smallest absolute Gasteiger partial charge is 0.253 e. The molecule has 7 heteroatoms. The molecule has 1 aliphatic heterocycles. The highest BCUT2D eigenvalue weighted by molar-refractivity contribution is 5.98. The maximum Gasteiger partial charge on any atom is 0.253 e. The minimum absolute atomic E-state index is 0.0245. The number of likely N-dealkylation sites (tertiary alicyclic amines) is 1. The average molecular weight is 467 g/mol. The number of furan rings is 1. The Morgan fingerprint density at radius 3 is 2.26 bits per heavy atom. The standard InChI is InChI=1S/C27H21F4NO2/c1-16-12-20-13-19(14-23(25(20)34-16)22-7-6-21(28)15-24(22)29)17-2-4-18(5-3-17)26(33)32-10-8-27(30,31)9-11-32/h2-7,12-15H,8-11H2,1H3. The Labute approximate surface area is 193 Å². The molecule has 1 aromatic heterocycles. The second-order valence-electron chi connectivity index (χ2n) is 8.65. The van der Waals surface area contributed by atoms with Gasteiger partial charge in [-0.25, -0.2) is 17.6 Å². The van der Waals surface area contributed by atoms with Crippen LogP contribution < -0.4 is 0 Å². The molecule has 1 amide bonds. The fourth-order valence-electron chi connectivity index (χ4n) is 4.38. The number of fused-ring (bicyclic) bond motifs is 1. The van der Waals surface area contributed by atoms with Gasteiger partial charge in [0.2, 0.25) is 0 Å². The zero-order chi connectivity index (χ0) is 24.0. The van der Waals surface area contributed by atoms with Crippen LogP contribution in [0.25, 0.3) is 33.2 Å². The minimum atomic E-state index is -2.72. The monoisotopic (exact) mass is 467 g/mol. The highest BCUT2D eigenvalue weighted by atomic mass is 19.3. The van der Waals surface area contributed by atoms with Gasteiger partial charge in [-0.1, -0.05) is 12.1 Å². The summed E-state index contributed by atoms with van der Waals surface area (Å²) in [6, 6.07) is 15.8. The van der Waals surface area contributed by atoms with E-state index in [4.69, 9.17) is 4.42 Å². The Bertz CT molecular complexity index is 1380. The molecular weight excluding hydrogens is 446 g/mol. The van der Waals surface area contributed by atoms with E-state index in [9.17, 15) is 22.4 Å². The van der Waals surface area contributed by atoms with Crippen molar-refractivity contribution in [1.82, 2.24) is 4.90 Å². The van der Waals surface area contributed by atoms with Crippen molar-refractivity contribution >= 4 is 16.9 Å². The third kappa shape index (κ3) is 4.18. The summed E-state index contributed by atoms with van der Waals surface area (Å²) in [6.07, 6.45) is -0.659. The normalized spacial score (nSPS) is 15.6. The predicted octanol–water partition coefficient (Wildman–Crippen LogP) is 7.22. The van der Waals surface area contributed by atoms with Gasteiger partial charge in [-0.3, -0.25) is 4.79 Å². The number of carbonyl (C=O) groups excluding carboxylic acids is 1. The zero-order valence-corrected chi connectivity index (χ0v) is 18.4. The van der Waals surface area contributed by atoms with E-state index >= 15 is 0 Å². The molecule has 0 spiro atoms. The van der Waals surface area contributed by atoms with Crippen molar-refractivity contribution in [2.45, 2.75) is 25.7 Å². The number of benzene rings is 3. The molecule has 0 aliphatic carbocycles. The topological polar surface area (TPSA) is 33.5 Å². The molecule has 1 saturated heterocycles. The average Bonchev–Trinajstić information content (AvgIpc) is 3.18. The van der Waals surface area contributed by atoms with Gasteiger partial charge in [0.1, 0.15) is 23.0 Å². The van der Waals surface area contributed by atoms with Gasteiger partial charge >= 0.3 is 0 Å². The molecule has 1 aliphatic rings. The number of nitrogens with zero attached hydrogens (tertiary/aromatic N) is 1. The van der Waals surface area contributed by atoms with Crippen LogP contribution in [0, 0.1) is 18.6 Å². The first kappa shape index (κ1) is 22.2. The Morgan fingerprint density at radius 1 is 0.882 bits per heavy atom. The van der Waals surface area contributed by atoms with E-state index in [0.717, 1.165) is 22.6 Å². The van der Waals surface area contributed by atoms with Gasteiger partial charge in [-0.15, -0.1) is 0 Å². The maximum absolute atomic E-state index is 14.6. The lowest BCUT2D eigenvalue weighted by molar-refractivity contribution is -0.0494. The molecule has 34 heavy (non-hydrogen) atoms. The van der Waals surface area contributed by atoms with Gasteiger partial charge in [-0.05, 0) is 60.5 Å². The van der Waals surface area contributed by atoms with E-state index < -0.39 is 17.6 Å². The number of carbonyl (C=O) groups is 1. The van der Waals surface area contributed by atoms with Gasteiger partial charge in [0.25, 0.3) is 11.8 Å². The molecule has 174 valence electrons. The van der Waals surface area contributed by atoms with Crippen LogP contribution in [0.4, 0.5) is 17.6 Å². The molecule has 0 atom stereocenters. The van der Waals surface area contributed by atoms with E-state index in [1.54, 1.807) is 37.3 Å². The Morgan fingerprint density at radius 2 is 1.59 bits per heavy atom. The lowest BCUT2D eigenvalue weighted by atomic mass is 9.95. The van der Waals surface area contributed by atoms with Crippen molar-refractivity contribution in [3.63, 3.8) is 0 Å². The summed E-state index contributed by atoms with van der Waals surface area (Å²) in [5.41, 5.74) is 3.18. The van der Waals surface area contributed by atoms with E-state index in [1.807, 2.05) is 12.1 Å². The fraction of sp³-hybridized carbons (Fsp3) is 0.222. The highest BCUT2D eigenvalue weighted by Gasteiger charge is 2.35. The molecule has 4 aromatic rings. The molecule has 1 fully saturated rings. The first-order valence-electron chi connectivity index (χ1n) is 11.0. The summed E-state index contributed by atoms with van der Waals surface area (Å²) in [7, 11) is 0. The molecule has 2 heterocycles. The summed E-state index contributed by atoms with van der Waals surface area (Å²) in [5, 5.41) is 0.767. The largest absolute Gasteiger partial charge is 0.461 e. The van der Waals surface area contributed by atoms with Gasteiger partial charge in [0.15, 0.2) is 0 Å². The molecule has 0 radical (unpaired) electrons. The van der Waals surface area contributed by atoms with Crippen LogP contribution >= 0.6 is 0 Å². The van der Waals surface area contributed by atoms with Crippen LogP contribution in [-0.4, -0.2) is 29.8 Å². The number of halogens is 4. The molecule has 0 saturated carbocycles. The molecule has 3 aromatic carbocycles. The second kappa shape index (κ2) is 8.31. The second-order valence-corrected chi connectivity index (χ2v) is 8.65. The highest BCUT2D eigenvalue weighted by Crippen LogP contribution is 2.37. The van der Waals surface area contributed by atoms with E-state index in [1.165, 1.54) is 17.0 Å². The number of amides is 1. The zero-order valence-electron chi connectivity index (χ0n) is 18.4. The van der Waals surface area contributed by atoms with Gasteiger partial charge in [-0.2, -0.15) is 0 Å². The molecule has 5 rings (SSSR count). The summed E-state index contributed by atoms with van der Waals surface area (Å²) >= 11 is 0. The lowest BCUT2D eigenvalue weighted by Gasteiger charge is -2.31. The number of rotatable bonds is 3. The van der Waals surface area contributed by atoms with Gasteiger partial charge in [0, 0.05) is 54.1 Å². The molecule has 0 bridgehead atoms.